The summed E-state index contributed by atoms with van der Waals surface area (Å²) in [5.41, 5.74) is 2.50. The molecule has 2 aromatic rings. The first-order chi connectivity index (χ1) is 8.25. The maximum atomic E-state index is 12.3. The van der Waals surface area contributed by atoms with Crippen molar-refractivity contribution >= 4 is 17.5 Å². The highest BCUT2D eigenvalue weighted by Crippen LogP contribution is 2.35. The zero-order chi connectivity index (χ0) is 11.8. The third-order valence-corrected chi connectivity index (χ3v) is 3.96. The van der Waals surface area contributed by atoms with Crippen LogP contribution in [0.25, 0.3) is 0 Å². The van der Waals surface area contributed by atoms with Gasteiger partial charge in [-0.15, -0.1) is 11.8 Å². The van der Waals surface area contributed by atoms with E-state index < -0.39 is 0 Å². The highest BCUT2D eigenvalue weighted by atomic mass is 32.2. The summed E-state index contributed by atoms with van der Waals surface area (Å²) in [4.78, 5) is 13.2. The number of ketones is 1. The average molecular weight is 242 g/mol. The van der Waals surface area contributed by atoms with Crippen LogP contribution < -0.4 is 0 Å². The summed E-state index contributed by atoms with van der Waals surface area (Å²) < 4.78 is 0. The lowest BCUT2D eigenvalue weighted by Crippen LogP contribution is -2.03. The Labute approximate surface area is 103 Å². The summed E-state index contributed by atoms with van der Waals surface area (Å²) in [5, 5.41) is 9.46. The van der Waals surface area contributed by atoms with E-state index in [2.05, 4.69) is 0 Å². The summed E-state index contributed by atoms with van der Waals surface area (Å²) >= 11 is 1.59. The van der Waals surface area contributed by atoms with Crippen molar-refractivity contribution in [2.75, 3.05) is 0 Å². The van der Waals surface area contributed by atoms with Gasteiger partial charge in [-0.1, -0.05) is 24.3 Å². The van der Waals surface area contributed by atoms with Gasteiger partial charge in [-0.05, 0) is 23.8 Å². The number of carbonyl (C=O) groups excluding carboxylic acids is 1. The number of hydrogen-bond acceptors (Lipinski definition) is 3. The number of carbonyl (C=O) groups is 1. The van der Waals surface area contributed by atoms with E-state index >= 15 is 0 Å². The van der Waals surface area contributed by atoms with E-state index in [0.717, 1.165) is 21.8 Å². The highest BCUT2D eigenvalue weighted by molar-refractivity contribution is 7.98. The van der Waals surface area contributed by atoms with Gasteiger partial charge in [0.25, 0.3) is 0 Å². The molecular formula is C14H10O2S. The molecule has 0 unspecified atom stereocenters. The van der Waals surface area contributed by atoms with Crippen LogP contribution in [0.5, 0.6) is 5.75 Å². The van der Waals surface area contributed by atoms with E-state index in [1.807, 2.05) is 24.3 Å². The molecule has 0 aliphatic carbocycles. The molecule has 3 rings (SSSR count). The number of fused-ring (bicyclic) bond motifs is 2. The molecule has 1 N–H and O–H groups in total. The zero-order valence-electron chi connectivity index (χ0n) is 9.01. The molecule has 2 aromatic carbocycles. The average Bonchev–Trinajstić information content (AvgIpc) is 2.48. The van der Waals surface area contributed by atoms with Gasteiger partial charge in [0.15, 0.2) is 5.78 Å². The molecule has 0 atom stereocenters. The summed E-state index contributed by atoms with van der Waals surface area (Å²) in [6, 6.07) is 12.6. The number of hydrogen-bond donors (Lipinski definition) is 1. The van der Waals surface area contributed by atoms with Crippen molar-refractivity contribution in [1.82, 2.24) is 0 Å². The van der Waals surface area contributed by atoms with Gasteiger partial charge >= 0.3 is 0 Å². The fourth-order valence-corrected chi connectivity index (χ4v) is 3.07. The molecule has 0 bridgehead atoms. The van der Waals surface area contributed by atoms with E-state index in [4.69, 9.17) is 0 Å². The van der Waals surface area contributed by atoms with Crippen molar-refractivity contribution in [2.24, 2.45) is 0 Å². The first-order valence-electron chi connectivity index (χ1n) is 5.34. The quantitative estimate of drug-likeness (QED) is 0.770. The van der Waals surface area contributed by atoms with Crippen LogP contribution >= 0.6 is 11.8 Å². The molecule has 0 fully saturated rings. The van der Waals surface area contributed by atoms with Crippen LogP contribution in [0.3, 0.4) is 0 Å². The predicted molar refractivity (Wildman–Crippen MR) is 67.5 cm³/mol. The van der Waals surface area contributed by atoms with E-state index in [-0.39, 0.29) is 11.5 Å². The number of rotatable bonds is 0. The van der Waals surface area contributed by atoms with E-state index in [1.54, 1.807) is 30.0 Å². The Morgan fingerprint density at radius 1 is 1.06 bits per heavy atom. The molecule has 0 saturated carbocycles. The maximum absolute atomic E-state index is 12.3. The summed E-state index contributed by atoms with van der Waals surface area (Å²) in [7, 11) is 0. The van der Waals surface area contributed by atoms with Crippen molar-refractivity contribution in [3.05, 3.63) is 59.2 Å². The molecule has 0 spiro atoms. The van der Waals surface area contributed by atoms with Crippen LogP contribution in [0.4, 0.5) is 0 Å². The number of benzene rings is 2. The van der Waals surface area contributed by atoms with Gasteiger partial charge in [0, 0.05) is 21.8 Å². The molecule has 17 heavy (non-hydrogen) atoms. The van der Waals surface area contributed by atoms with Gasteiger partial charge in [-0.2, -0.15) is 0 Å². The standard InChI is InChI=1S/C14H10O2S/c15-10-5-6-12-13(7-10)17-8-9-3-1-2-4-11(9)14(12)16/h1-7,15H,8H2. The Bertz CT molecular complexity index is 605. The van der Waals surface area contributed by atoms with Gasteiger partial charge in [0.05, 0.1) is 0 Å². The topological polar surface area (TPSA) is 37.3 Å². The fourth-order valence-electron chi connectivity index (χ4n) is 1.99. The smallest absolute Gasteiger partial charge is 0.194 e. The first-order valence-corrected chi connectivity index (χ1v) is 6.33. The third kappa shape index (κ3) is 1.72. The molecule has 3 heteroatoms. The minimum Gasteiger partial charge on any atom is -0.508 e. The second-order valence-corrected chi connectivity index (χ2v) is 4.97. The van der Waals surface area contributed by atoms with Crippen molar-refractivity contribution in [3.63, 3.8) is 0 Å². The monoisotopic (exact) mass is 242 g/mol. The van der Waals surface area contributed by atoms with Crippen LogP contribution in [-0.2, 0) is 5.75 Å². The number of aromatic hydroxyl groups is 1. The van der Waals surface area contributed by atoms with E-state index in [1.165, 1.54) is 0 Å². The summed E-state index contributed by atoms with van der Waals surface area (Å²) in [6.07, 6.45) is 0. The van der Waals surface area contributed by atoms with Crippen LogP contribution in [0.15, 0.2) is 47.4 Å². The second-order valence-electron chi connectivity index (χ2n) is 3.96. The fraction of sp³-hybridized carbons (Fsp3) is 0.0714. The van der Waals surface area contributed by atoms with Gasteiger partial charge in [0.2, 0.25) is 0 Å². The molecule has 1 heterocycles. The molecule has 0 radical (unpaired) electrons. The van der Waals surface area contributed by atoms with Crippen LogP contribution in [-0.4, -0.2) is 10.9 Å². The third-order valence-electron chi connectivity index (χ3n) is 2.85. The molecule has 0 saturated heterocycles. The van der Waals surface area contributed by atoms with Crippen molar-refractivity contribution in [3.8, 4) is 5.75 Å². The summed E-state index contributed by atoms with van der Waals surface area (Å²) in [5.74, 6) is 1.01. The first kappa shape index (κ1) is 10.4. The Hall–Kier alpha value is -1.74. The van der Waals surface area contributed by atoms with E-state index in [0.29, 0.717) is 5.56 Å². The Balaban J connectivity index is 2.20. The second kappa shape index (κ2) is 3.93. The molecular weight excluding hydrogens is 232 g/mol. The Kier molecular flexibility index (Phi) is 2.41. The minimum atomic E-state index is 0.0422. The molecule has 1 aliphatic heterocycles. The lowest BCUT2D eigenvalue weighted by Gasteiger charge is -2.04. The largest absolute Gasteiger partial charge is 0.508 e. The lowest BCUT2D eigenvalue weighted by atomic mass is 9.99. The number of thioether (sulfide) groups is 1. The lowest BCUT2D eigenvalue weighted by molar-refractivity contribution is 0.103. The maximum Gasteiger partial charge on any atom is 0.194 e. The molecule has 0 aromatic heterocycles. The van der Waals surface area contributed by atoms with Crippen molar-refractivity contribution < 1.29 is 9.90 Å². The van der Waals surface area contributed by atoms with Gasteiger partial charge in [-0.25, -0.2) is 0 Å². The SMILES string of the molecule is O=C1c2ccccc2CSc2cc(O)ccc21. The highest BCUT2D eigenvalue weighted by Gasteiger charge is 2.21. The van der Waals surface area contributed by atoms with Crippen LogP contribution in [0, 0.1) is 0 Å². The molecule has 0 amide bonds. The summed E-state index contributed by atoms with van der Waals surface area (Å²) in [6.45, 7) is 0. The van der Waals surface area contributed by atoms with Crippen LogP contribution in [0.2, 0.25) is 0 Å². The Morgan fingerprint density at radius 2 is 1.88 bits per heavy atom. The predicted octanol–water partition coefficient (Wildman–Crippen LogP) is 3.23. The van der Waals surface area contributed by atoms with E-state index in [9.17, 15) is 9.90 Å². The normalized spacial score (nSPS) is 13.8. The molecule has 1 aliphatic rings. The van der Waals surface area contributed by atoms with Crippen molar-refractivity contribution in [2.45, 2.75) is 10.6 Å². The van der Waals surface area contributed by atoms with Gasteiger partial charge < -0.3 is 5.11 Å². The zero-order valence-corrected chi connectivity index (χ0v) is 9.83. The van der Waals surface area contributed by atoms with Crippen molar-refractivity contribution in [1.29, 1.82) is 0 Å². The number of phenols is 1. The number of phenolic OH excluding ortho intramolecular Hbond substituents is 1. The minimum absolute atomic E-state index is 0.0422. The molecule has 2 nitrogen and oxygen atoms in total. The van der Waals surface area contributed by atoms with Crippen LogP contribution in [0.1, 0.15) is 21.5 Å². The van der Waals surface area contributed by atoms with Gasteiger partial charge in [-0.3, -0.25) is 4.79 Å². The molecule has 84 valence electrons. The Morgan fingerprint density at radius 3 is 2.76 bits per heavy atom. The van der Waals surface area contributed by atoms with Gasteiger partial charge in [0.1, 0.15) is 5.75 Å².